The summed E-state index contributed by atoms with van der Waals surface area (Å²) in [5, 5.41) is 0. The first-order chi connectivity index (χ1) is 9.74. The number of rotatable bonds is 12. The van der Waals surface area contributed by atoms with Crippen molar-refractivity contribution >= 4 is 11.9 Å². The third-order valence-electron chi connectivity index (χ3n) is 3.65. The van der Waals surface area contributed by atoms with Gasteiger partial charge in [0, 0.05) is 6.61 Å². The van der Waals surface area contributed by atoms with Crippen LogP contribution in [0.2, 0.25) is 0 Å². The molecule has 0 aromatic heterocycles. The molecule has 1 aliphatic rings. The number of hydrogen-bond acceptors (Lipinski definition) is 4. The zero-order valence-electron chi connectivity index (χ0n) is 12.7. The second kappa shape index (κ2) is 10.8. The minimum Gasteiger partial charge on any atom is -0.391 e. The minimum absolute atomic E-state index is 0.0800. The molecule has 0 aliphatic carbocycles. The Bertz CT molecular complexity index is 288. The van der Waals surface area contributed by atoms with Crippen LogP contribution < -0.4 is 0 Å². The summed E-state index contributed by atoms with van der Waals surface area (Å²) in [6.07, 6.45) is 12.1. The molecule has 4 nitrogen and oxygen atoms in total. The number of unbranched alkanes of at least 4 members (excludes halogenated alkanes) is 9. The van der Waals surface area contributed by atoms with Crippen LogP contribution in [0.1, 0.15) is 77.6 Å². The molecule has 116 valence electrons. The SMILES string of the molecule is CCCCCCCCCCCCOC1CC(=O)OC1=O. The smallest absolute Gasteiger partial charge is 0.343 e. The molecular weight excluding hydrogens is 256 g/mol. The summed E-state index contributed by atoms with van der Waals surface area (Å²) < 4.78 is 9.78. The van der Waals surface area contributed by atoms with Gasteiger partial charge in [-0.25, -0.2) is 4.79 Å². The van der Waals surface area contributed by atoms with Gasteiger partial charge in [-0.15, -0.1) is 0 Å². The molecule has 0 amide bonds. The summed E-state index contributed by atoms with van der Waals surface area (Å²) in [4.78, 5) is 22.0. The highest BCUT2D eigenvalue weighted by Gasteiger charge is 2.33. The van der Waals surface area contributed by atoms with E-state index >= 15 is 0 Å². The average molecular weight is 284 g/mol. The van der Waals surface area contributed by atoms with Gasteiger partial charge in [0.25, 0.3) is 0 Å². The number of esters is 2. The van der Waals surface area contributed by atoms with Crippen molar-refractivity contribution in [3.05, 3.63) is 0 Å². The highest BCUT2D eigenvalue weighted by molar-refractivity contribution is 5.96. The quantitative estimate of drug-likeness (QED) is 0.311. The zero-order valence-corrected chi connectivity index (χ0v) is 12.7. The second-order valence-electron chi connectivity index (χ2n) is 5.54. The number of carbonyl (C=O) groups excluding carboxylic acids is 2. The molecule has 1 atom stereocenters. The molecule has 1 aliphatic heterocycles. The second-order valence-corrected chi connectivity index (χ2v) is 5.54. The molecule has 0 aromatic rings. The molecule has 0 spiro atoms. The Labute approximate surface area is 122 Å². The molecular formula is C16H28O4. The molecule has 0 radical (unpaired) electrons. The van der Waals surface area contributed by atoms with Crippen LogP contribution in [-0.4, -0.2) is 24.6 Å². The van der Waals surface area contributed by atoms with Gasteiger partial charge in [0.2, 0.25) is 0 Å². The molecule has 1 rings (SSSR count). The highest BCUT2D eigenvalue weighted by atomic mass is 16.6. The van der Waals surface area contributed by atoms with E-state index in [2.05, 4.69) is 11.7 Å². The van der Waals surface area contributed by atoms with Crippen LogP contribution in [-0.2, 0) is 19.1 Å². The Balaban J connectivity index is 1.81. The van der Waals surface area contributed by atoms with Crippen molar-refractivity contribution in [2.75, 3.05) is 6.61 Å². The van der Waals surface area contributed by atoms with Crippen molar-refractivity contribution in [1.82, 2.24) is 0 Å². The van der Waals surface area contributed by atoms with E-state index in [1.807, 2.05) is 0 Å². The molecule has 1 heterocycles. The molecule has 20 heavy (non-hydrogen) atoms. The predicted octanol–water partition coefficient (Wildman–Crippen LogP) is 3.77. The van der Waals surface area contributed by atoms with Crippen LogP contribution in [0.4, 0.5) is 0 Å². The normalized spacial score (nSPS) is 18.6. The molecule has 0 bridgehead atoms. The Hall–Kier alpha value is -0.900. The molecule has 0 N–H and O–H groups in total. The van der Waals surface area contributed by atoms with E-state index in [1.165, 1.54) is 51.4 Å². The van der Waals surface area contributed by atoms with Crippen molar-refractivity contribution in [2.24, 2.45) is 0 Å². The molecule has 1 unspecified atom stereocenters. The Morgan fingerprint density at radius 2 is 1.50 bits per heavy atom. The van der Waals surface area contributed by atoms with Crippen LogP contribution >= 0.6 is 0 Å². The van der Waals surface area contributed by atoms with Gasteiger partial charge in [-0.05, 0) is 6.42 Å². The van der Waals surface area contributed by atoms with E-state index < -0.39 is 18.0 Å². The van der Waals surface area contributed by atoms with Gasteiger partial charge < -0.3 is 9.47 Å². The van der Waals surface area contributed by atoms with Crippen molar-refractivity contribution in [2.45, 2.75) is 83.7 Å². The Kier molecular flexibility index (Phi) is 9.29. The number of hydrogen-bond donors (Lipinski definition) is 0. The maximum atomic E-state index is 11.1. The Morgan fingerprint density at radius 1 is 0.950 bits per heavy atom. The Morgan fingerprint density at radius 3 is 2.00 bits per heavy atom. The van der Waals surface area contributed by atoms with Crippen LogP contribution in [0, 0.1) is 0 Å². The summed E-state index contributed by atoms with van der Waals surface area (Å²) in [5.74, 6) is -0.995. The van der Waals surface area contributed by atoms with Crippen molar-refractivity contribution in [1.29, 1.82) is 0 Å². The summed E-state index contributed by atoms with van der Waals surface area (Å²) in [6.45, 7) is 2.78. The number of ether oxygens (including phenoxy) is 2. The first-order valence-electron chi connectivity index (χ1n) is 8.10. The van der Waals surface area contributed by atoms with Crippen molar-refractivity contribution in [3.63, 3.8) is 0 Å². The lowest BCUT2D eigenvalue weighted by Gasteiger charge is -2.06. The van der Waals surface area contributed by atoms with E-state index in [0.717, 1.165) is 12.8 Å². The largest absolute Gasteiger partial charge is 0.391 e. The standard InChI is InChI=1S/C16H28O4/c1-2-3-4-5-6-7-8-9-10-11-12-19-14-13-15(17)20-16(14)18/h14H,2-13H2,1H3. The third kappa shape index (κ3) is 7.63. The molecule has 1 saturated heterocycles. The molecule has 4 heteroatoms. The van der Waals surface area contributed by atoms with Gasteiger partial charge >= 0.3 is 11.9 Å². The van der Waals surface area contributed by atoms with Gasteiger partial charge in [-0.2, -0.15) is 0 Å². The summed E-state index contributed by atoms with van der Waals surface area (Å²) in [7, 11) is 0. The zero-order chi connectivity index (χ0) is 14.6. The van der Waals surface area contributed by atoms with E-state index in [1.54, 1.807) is 0 Å². The van der Waals surface area contributed by atoms with Gasteiger partial charge in [0.1, 0.15) is 0 Å². The lowest BCUT2D eigenvalue weighted by molar-refractivity contribution is -0.155. The number of cyclic esters (lactones) is 2. The monoisotopic (exact) mass is 284 g/mol. The lowest BCUT2D eigenvalue weighted by Crippen LogP contribution is -2.18. The molecule has 0 saturated carbocycles. The summed E-state index contributed by atoms with van der Waals surface area (Å²) in [6, 6.07) is 0. The third-order valence-corrected chi connectivity index (χ3v) is 3.65. The highest BCUT2D eigenvalue weighted by Crippen LogP contribution is 2.14. The van der Waals surface area contributed by atoms with Crippen molar-refractivity contribution in [3.8, 4) is 0 Å². The van der Waals surface area contributed by atoms with Crippen LogP contribution in [0.25, 0.3) is 0 Å². The lowest BCUT2D eigenvalue weighted by atomic mass is 10.1. The molecule has 1 fully saturated rings. The maximum Gasteiger partial charge on any atom is 0.343 e. The predicted molar refractivity (Wildman–Crippen MR) is 77.3 cm³/mol. The minimum atomic E-state index is -0.652. The van der Waals surface area contributed by atoms with Gasteiger partial charge in [0.05, 0.1) is 6.42 Å². The van der Waals surface area contributed by atoms with Gasteiger partial charge in [-0.1, -0.05) is 64.7 Å². The fourth-order valence-corrected chi connectivity index (χ4v) is 2.40. The van der Waals surface area contributed by atoms with Crippen LogP contribution in [0.15, 0.2) is 0 Å². The van der Waals surface area contributed by atoms with E-state index in [0.29, 0.717) is 6.61 Å². The fourth-order valence-electron chi connectivity index (χ4n) is 2.40. The maximum absolute atomic E-state index is 11.1. The van der Waals surface area contributed by atoms with Crippen molar-refractivity contribution < 1.29 is 19.1 Å². The summed E-state index contributed by atoms with van der Waals surface area (Å²) in [5.41, 5.74) is 0. The first-order valence-corrected chi connectivity index (χ1v) is 8.10. The van der Waals surface area contributed by atoms with E-state index in [-0.39, 0.29) is 6.42 Å². The molecule has 0 aromatic carbocycles. The van der Waals surface area contributed by atoms with Gasteiger partial charge in [0.15, 0.2) is 6.10 Å². The van der Waals surface area contributed by atoms with E-state index in [9.17, 15) is 9.59 Å². The van der Waals surface area contributed by atoms with Crippen LogP contribution in [0.3, 0.4) is 0 Å². The topological polar surface area (TPSA) is 52.6 Å². The summed E-state index contributed by atoms with van der Waals surface area (Å²) >= 11 is 0. The fraction of sp³-hybridized carbons (Fsp3) is 0.875. The first kappa shape index (κ1) is 17.2. The van der Waals surface area contributed by atoms with Crippen LogP contribution in [0.5, 0.6) is 0 Å². The van der Waals surface area contributed by atoms with E-state index in [4.69, 9.17) is 4.74 Å². The average Bonchev–Trinajstić information content (AvgIpc) is 2.74. The van der Waals surface area contributed by atoms with Gasteiger partial charge in [-0.3, -0.25) is 4.79 Å². The number of carbonyl (C=O) groups is 2.